The molecule has 0 aliphatic heterocycles. The van der Waals surface area contributed by atoms with Crippen molar-refractivity contribution in [3.05, 3.63) is 56.7 Å². The van der Waals surface area contributed by atoms with Crippen molar-refractivity contribution in [3.63, 3.8) is 0 Å². The zero-order valence-corrected chi connectivity index (χ0v) is 12.3. The number of ketones is 1. The minimum absolute atomic E-state index is 0.133. The van der Waals surface area contributed by atoms with Gasteiger partial charge >= 0.3 is 0 Å². The molecule has 0 radical (unpaired) electrons. The first-order chi connectivity index (χ1) is 8.75. The van der Waals surface area contributed by atoms with E-state index in [9.17, 15) is 4.79 Å². The second kappa shape index (κ2) is 6.83. The molecule has 1 heterocycles. The first kappa shape index (κ1) is 13.5. The van der Waals surface area contributed by atoms with Crippen LogP contribution in [0, 0.1) is 0 Å². The van der Waals surface area contributed by atoms with Crippen LogP contribution in [-0.4, -0.2) is 18.9 Å². The van der Waals surface area contributed by atoms with Crippen LogP contribution in [0.25, 0.3) is 0 Å². The molecule has 2 nitrogen and oxygen atoms in total. The third-order valence-corrected chi connectivity index (χ3v) is 4.04. The molecular formula is C14H14BrNOS. The van der Waals surface area contributed by atoms with Gasteiger partial charge in [-0.05, 0) is 30.0 Å². The Hall–Kier alpha value is -0.970. The first-order valence-electron chi connectivity index (χ1n) is 5.77. The van der Waals surface area contributed by atoms with E-state index < -0.39 is 0 Å². The van der Waals surface area contributed by atoms with Crippen LogP contribution in [0.4, 0.5) is 0 Å². The molecule has 0 saturated heterocycles. The van der Waals surface area contributed by atoms with Gasteiger partial charge in [0.25, 0.3) is 0 Å². The van der Waals surface area contributed by atoms with Gasteiger partial charge in [0.05, 0.1) is 6.54 Å². The number of Topliss-reactive ketones (excluding diaryl/α,β-unsaturated/α-hetero) is 1. The van der Waals surface area contributed by atoms with E-state index in [0.29, 0.717) is 6.54 Å². The average Bonchev–Trinajstić information content (AvgIpc) is 2.88. The van der Waals surface area contributed by atoms with Gasteiger partial charge in [0, 0.05) is 21.5 Å². The summed E-state index contributed by atoms with van der Waals surface area (Å²) in [5, 5.41) is 5.25. The summed E-state index contributed by atoms with van der Waals surface area (Å²) in [7, 11) is 0. The van der Waals surface area contributed by atoms with Crippen molar-refractivity contribution in [2.75, 3.05) is 13.1 Å². The molecule has 2 aromatic rings. The second-order valence-electron chi connectivity index (χ2n) is 3.94. The van der Waals surface area contributed by atoms with Gasteiger partial charge < -0.3 is 5.32 Å². The topological polar surface area (TPSA) is 29.1 Å². The average molecular weight is 324 g/mol. The number of benzene rings is 1. The van der Waals surface area contributed by atoms with Crippen molar-refractivity contribution >= 4 is 33.0 Å². The molecular weight excluding hydrogens is 310 g/mol. The third kappa shape index (κ3) is 4.05. The molecule has 0 fully saturated rings. The Labute approximate surface area is 119 Å². The van der Waals surface area contributed by atoms with Crippen LogP contribution in [-0.2, 0) is 6.42 Å². The van der Waals surface area contributed by atoms with Gasteiger partial charge in [0.2, 0.25) is 0 Å². The fourth-order valence-electron chi connectivity index (χ4n) is 1.61. The van der Waals surface area contributed by atoms with E-state index in [1.54, 1.807) is 11.3 Å². The molecule has 18 heavy (non-hydrogen) atoms. The minimum Gasteiger partial charge on any atom is -0.309 e. The molecule has 1 aromatic heterocycles. The van der Waals surface area contributed by atoms with E-state index in [4.69, 9.17) is 0 Å². The molecule has 0 aliphatic rings. The lowest BCUT2D eigenvalue weighted by Gasteiger charge is -2.03. The van der Waals surface area contributed by atoms with E-state index in [0.717, 1.165) is 23.0 Å². The highest BCUT2D eigenvalue weighted by Gasteiger charge is 2.04. The van der Waals surface area contributed by atoms with Crippen molar-refractivity contribution in [1.29, 1.82) is 0 Å². The lowest BCUT2D eigenvalue weighted by atomic mass is 10.1. The number of rotatable bonds is 6. The lowest BCUT2D eigenvalue weighted by Crippen LogP contribution is -2.24. The molecule has 94 valence electrons. The molecule has 1 N–H and O–H groups in total. The second-order valence-corrected chi connectivity index (χ2v) is 5.88. The molecule has 0 amide bonds. The number of carbonyl (C=O) groups is 1. The van der Waals surface area contributed by atoms with Crippen molar-refractivity contribution in [2.45, 2.75) is 6.42 Å². The predicted molar refractivity (Wildman–Crippen MR) is 79.4 cm³/mol. The smallest absolute Gasteiger partial charge is 0.176 e. The Balaban J connectivity index is 1.73. The minimum atomic E-state index is 0.133. The Morgan fingerprint density at radius 3 is 2.67 bits per heavy atom. The zero-order chi connectivity index (χ0) is 12.8. The van der Waals surface area contributed by atoms with Gasteiger partial charge in [0.15, 0.2) is 5.78 Å². The van der Waals surface area contributed by atoms with Gasteiger partial charge in [-0.15, -0.1) is 11.3 Å². The highest BCUT2D eigenvalue weighted by atomic mass is 79.9. The highest BCUT2D eigenvalue weighted by Crippen LogP contribution is 2.11. The predicted octanol–water partition coefficient (Wildman–Crippen LogP) is 3.53. The van der Waals surface area contributed by atoms with Gasteiger partial charge in [-0.2, -0.15) is 0 Å². The Bertz CT molecular complexity index is 493. The van der Waals surface area contributed by atoms with Crippen molar-refractivity contribution in [1.82, 2.24) is 5.32 Å². The van der Waals surface area contributed by atoms with Crippen LogP contribution >= 0.6 is 27.3 Å². The van der Waals surface area contributed by atoms with Gasteiger partial charge in [-0.3, -0.25) is 4.79 Å². The molecule has 2 rings (SSSR count). The number of carbonyl (C=O) groups excluding carboxylic acids is 1. The standard InChI is InChI=1S/C14H14BrNOS/c15-12-5-3-11(4-6-12)14(17)10-16-8-7-13-2-1-9-18-13/h1-6,9,16H,7-8,10H2. The summed E-state index contributed by atoms with van der Waals surface area (Å²) in [6.07, 6.45) is 0.977. The normalized spacial score (nSPS) is 10.5. The summed E-state index contributed by atoms with van der Waals surface area (Å²) in [5.41, 5.74) is 0.752. The molecule has 0 spiro atoms. The maximum Gasteiger partial charge on any atom is 0.176 e. The molecule has 0 unspecified atom stereocenters. The van der Waals surface area contributed by atoms with Crippen LogP contribution < -0.4 is 5.32 Å². The number of halogens is 1. The Kier molecular flexibility index (Phi) is 5.11. The fraction of sp³-hybridized carbons (Fsp3) is 0.214. The number of thiophene rings is 1. The first-order valence-corrected chi connectivity index (χ1v) is 7.45. The van der Waals surface area contributed by atoms with Gasteiger partial charge in [-0.25, -0.2) is 0 Å². The summed E-state index contributed by atoms with van der Waals surface area (Å²) in [4.78, 5) is 13.2. The summed E-state index contributed by atoms with van der Waals surface area (Å²) in [6.45, 7) is 1.23. The van der Waals surface area contributed by atoms with Gasteiger partial charge in [0.1, 0.15) is 0 Å². The third-order valence-electron chi connectivity index (χ3n) is 2.58. The van der Waals surface area contributed by atoms with Crippen LogP contribution in [0.1, 0.15) is 15.2 Å². The zero-order valence-electron chi connectivity index (χ0n) is 9.86. The number of nitrogens with one attached hydrogen (secondary N) is 1. The molecule has 4 heteroatoms. The molecule has 1 aromatic carbocycles. The Morgan fingerprint density at radius 2 is 2.00 bits per heavy atom. The quantitative estimate of drug-likeness (QED) is 0.651. The van der Waals surface area contributed by atoms with Crippen molar-refractivity contribution in [3.8, 4) is 0 Å². The van der Waals surface area contributed by atoms with Crippen molar-refractivity contribution in [2.24, 2.45) is 0 Å². The largest absolute Gasteiger partial charge is 0.309 e. The van der Waals surface area contributed by atoms with E-state index in [2.05, 4.69) is 32.7 Å². The fourth-order valence-corrected chi connectivity index (χ4v) is 2.58. The summed E-state index contributed by atoms with van der Waals surface area (Å²) >= 11 is 5.10. The highest BCUT2D eigenvalue weighted by molar-refractivity contribution is 9.10. The SMILES string of the molecule is O=C(CNCCc1cccs1)c1ccc(Br)cc1. The van der Waals surface area contributed by atoms with Crippen LogP contribution in [0.3, 0.4) is 0 Å². The maximum absolute atomic E-state index is 11.8. The van der Waals surface area contributed by atoms with E-state index in [1.165, 1.54) is 4.88 Å². The van der Waals surface area contributed by atoms with Crippen LogP contribution in [0.15, 0.2) is 46.3 Å². The van der Waals surface area contributed by atoms with E-state index >= 15 is 0 Å². The number of hydrogen-bond acceptors (Lipinski definition) is 3. The monoisotopic (exact) mass is 323 g/mol. The van der Waals surface area contributed by atoms with Crippen LogP contribution in [0.2, 0.25) is 0 Å². The summed E-state index contributed by atoms with van der Waals surface area (Å²) in [6, 6.07) is 11.6. The van der Waals surface area contributed by atoms with E-state index in [1.807, 2.05) is 30.3 Å². The lowest BCUT2D eigenvalue weighted by molar-refractivity contribution is 0.0991. The van der Waals surface area contributed by atoms with E-state index in [-0.39, 0.29) is 5.78 Å². The maximum atomic E-state index is 11.8. The Morgan fingerprint density at radius 1 is 1.22 bits per heavy atom. The summed E-state index contributed by atoms with van der Waals surface area (Å²) in [5.74, 6) is 0.133. The summed E-state index contributed by atoms with van der Waals surface area (Å²) < 4.78 is 0.990. The molecule has 0 aliphatic carbocycles. The molecule has 0 atom stereocenters. The van der Waals surface area contributed by atoms with Crippen LogP contribution in [0.5, 0.6) is 0 Å². The molecule has 0 saturated carbocycles. The molecule has 0 bridgehead atoms. The van der Waals surface area contributed by atoms with Gasteiger partial charge in [-0.1, -0.05) is 34.1 Å². The number of hydrogen-bond donors (Lipinski definition) is 1. The van der Waals surface area contributed by atoms with Crippen molar-refractivity contribution < 1.29 is 4.79 Å².